The van der Waals surface area contributed by atoms with Crippen molar-refractivity contribution in [1.82, 2.24) is 9.80 Å². The summed E-state index contributed by atoms with van der Waals surface area (Å²) in [4.78, 5) is 5.21. The maximum atomic E-state index is 6.27. The molecule has 0 N–H and O–H groups in total. The highest BCUT2D eigenvalue weighted by molar-refractivity contribution is 4.94. The molecule has 3 fully saturated rings. The normalized spacial score (nSPS) is 32.9. The molecule has 1 saturated carbocycles. The van der Waals surface area contributed by atoms with Gasteiger partial charge in [-0.25, -0.2) is 0 Å². The van der Waals surface area contributed by atoms with Crippen molar-refractivity contribution in [3.05, 3.63) is 0 Å². The summed E-state index contributed by atoms with van der Waals surface area (Å²) < 4.78 is 11.6. The quantitative estimate of drug-likeness (QED) is 0.776. The highest BCUT2D eigenvalue weighted by Gasteiger charge is 2.39. The van der Waals surface area contributed by atoms with Crippen molar-refractivity contribution in [2.45, 2.75) is 76.2 Å². The Kier molecular flexibility index (Phi) is 5.67. The van der Waals surface area contributed by atoms with Gasteiger partial charge in [0.2, 0.25) is 0 Å². The minimum atomic E-state index is 0.337. The maximum absolute atomic E-state index is 6.27. The molecule has 0 aromatic heterocycles. The van der Waals surface area contributed by atoms with E-state index in [1.54, 1.807) is 0 Å². The van der Waals surface area contributed by atoms with E-state index in [0.717, 1.165) is 18.8 Å². The van der Waals surface area contributed by atoms with Crippen LogP contribution in [0.25, 0.3) is 0 Å². The van der Waals surface area contributed by atoms with Crippen molar-refractivity contribution < 1.29 is 9.47 Å². The van der Waals surface area contributed by atoms with Gasteiger partial charge in [-0.05, 0) is 78.4 Å². The molecule has 0 aromatic rings. The fourth-order valence-corrected chi connectivity index (χ4v) is 4.63. The van der Waals surface area contributed by atoms with Crippen LogP contribution in [0.2, 0.25) is 0 Å². The van der Waals surface area contributed by atoms with Crippen LogP contribution in [0.1, 0.15) is 52.4 Å². The SMILES string of the molecule is CO[C@H]1C[C@H](OC2CCN(C(C)(C)C3CCN(C)CC3)CC2)C1. The zero-order valence-electron chi connectivity index (χ0n) is 15.6. The Morgan fingerprint density at radius 1 is 0.826 bits per heavy atom. The predicted octanol–water partition coefficient (Wildman–Crippen LogP) is 2.77. The summed E-state index contributed by atoms with van der Waals surface area (Å²) in [5.74, 6) is 0.838. The zero-order valence-corrected chi connectivity index (χ0v) is 15.6. The van der Waals surface area contributed by atoms with Gasteiger partial charge in [0.15, 0.2) is 0 Å². The average Bonchev–Trinajstić information content (AvgIpc) is 2.51. The van der Waals surface area contributed by atoms with E-state index in [0.29, 0.717) is 23.9 Å². The monoisotopic (exact) mass is 324 g/mol. The molecule has 0 unspecified atom stereocenters. The lowest BCUT2D eigenvalue weighted by Gasteiger charge is -2.49. The number of rotatable bonds is 5. The molecule has 2 saturated heterocycles. The van der Waals surface area contributed by atoms with E-state index in [2.05, 4.69) is 30.7 Å². The topological polar surface area (TPSA) is 24.9 Å². The number of methoxy groups -OCH3 is 1. The van der Waals surface area contributed by atoms with Crippen LogP contribution in [-0.2, 0) is 9.47 Å². The molecule has 0 bridgehead atoms. The molecule has 2 aliphatic heterocycles. The Hall–Kier alpha value is -0.160. The number of ether oxygens (including phenoxy) is 2. The van der Waals surface area contributed by atoms with Crippen molar-refractivity contribution in [1.29, 1.82) is 0 Å². The molecule has 4 heteroatoms. The number of nitrogens with zero attached hydrogens (tertiary/aromatic N) is 2. The lowest BCUT2D eigenvalue weighted by Crippen LogP contribution is -2.55. The second kappa shape index (κ2) is 7.38. The van der Waals surface area contributed by atoms with E-state index in [1.165, 1.54) is 51.9 Å². The fourth-order valence-electron chi connectivity index (χ4n) is 4.63. The van der Waals surface area contributed by atoms with Gasteiger partial charge in [0.1, 0.15) is 0 Å². The van der Waals surface area contributed by atoms with Crippen molar-refractivity contribution in [3.63, 3.8) is 0 Å². The van der Waals surface area contributed by atoms with E-state index in [9.17, 15) is 0 Å². The molecule has 0 atom stereocenters. The summed E-state index contributed by atoms with van der Waals surface area (Å²) in [6.45, 7) is 9.86. The zero-order chi connectivity index (χ0) is 16.4. The highest BCUT2D eigenvalue weighted by Crippen LogP contribution is 2.35. The first kappa shape index (κ1) is 17.7. The van der Waals surface area contributed by atoms with Crippen LogP contribution in [0, 0.1) is 5.92 Å². The molecule has 134 valence electrons. The van der Waals surface area contributed by atoms with Crippen molar-refractivity contribution in [3.8, 4) is 0 Å². The first-order valence-corrected chi connectivity index (χ1v) is 9.61. The fraction of sp³-hybridized carbons (Fsp3) is 1.00. The van der Waals surface area contributed by atoms with Gasteiger partial charge in [-0.15, -0.1) is 0 Å². The third kappa shape index (κ3) is 4.09. The summed E-state index contributed by atoms with van der Waals surface area (Å²) in [5.41, 5.74) is 0.337. The maximum Gasteiger partial charge on any atom is 0.0628 e. The Labute approximate surface area is 142 Å². The Morgan fingerprint density at radius 2 is 1.43 bits per heavy atom. The smallest absolute Gasteiger partial charge is 0.0628 e. The van der Waals surface area contributed by atoms with Gasteiger partial charge in [0, 0.05) is 25.7 Å². The molecule has 0 spiro atoms. The second-order valence-electron chi connectivity index (χ2n) is 8.50. The summed E-state index contributed by atoms with van der Waals surface area (Å²) in [5, 5.41) is 0. The standard InChI is InChI=1S/C19H36N2O2/c1-19(2,15-5-9-20(3)10-6-15)21-11-7-16(8-12-21)23-18-13-17(14-18)22-4/h15-18H,5-14H2,1-4H3/t17-,18-. The van der Waals surface area contributed by atoms with Crippen LogP contribution in [0.15, 0.2) is 0 Å². The van der Waals surface area contributed by atoms with E-state index in [-0.39, 0.29) is 0 Å². The molecule has 23 heavy (non-hydrogen) atoms. The first-order valence-electron chi connectivity index (χ1n) is 9.61. The second-order valence-corrected chi connectivity index (χ2v) is 8.50. The van der Waals surface area contributed by atoms with Gasteiger partial charge in [-0.1, -0.05) is 0 Å². The van der Waals surface area contributed by atoms with E-state index < -0.39 is 0 Å². The van der Waals surface area contributed by atoms with Gasteiger partial charge in [-0.3, -0.25) is 4.90 Å². The van der Waals surface area contributed by atoms with Crippen molar-refractivity contribution in [2.24, 2.45) is 5.92 Å². The first-order chi connectivity index (χ1) is 11.0. The molecular weight excluding hydrogens is 288 g/mol. The Bertz CT molecular complexity index is 366. The van der Waals surface area contributed by atoms with E-state index in [1.807, 2.05) is 7.11 Å². The summed E-state index contributed by atoms with van der Waals surface area (Å²) >= 11 is 0. The van der Waals surface area contributed by atoms with Gasteiger partial charge in [-0.2, -0.15) is 0 Å². The Morgan fingerprint density at radius 3 is 2.00 bits per heavy atom. The number of hydrogen-bond acceptors (Lipinski definition) is 4. The van der Waals surface area contributed by atoms with Crippen LogP contribution in [0.4, 0.5) is 0 Å². The molecule has 0 amide bonds. The number of hydrogen-bond donors (Lipinski definition) is 0. The largest absolute Gasteiger partial charge is 0.381 e. The molecule has 1 aliphatic carbocycles. The van der Waals surface area contributed by atoms with Crippen LogP contribution in [0.5, 0.6) is 0 Å². The number of piperidine rings is 2. The summed E-state index contributed by atoms with van der Waals surface area (Å²) in [7, 11) is 4.06. The third-order valence-electron chi connectivity index (χ3n) is 6.74. The van der Waals surface area contributed by atoms with Gasteiger partial charge in [0.05, 0.1) is 18.3 Å². The van der Waals surface area contributed by atoms with Crippen molar-refractivity contribution in [2.75, 3.05) is 40.3 Å². The minimum Gasteiger partial charge on any atom is -0.381 e. The van der Waals surface area contributed by atoms with Crippen LogP contribution in [-0.4, -0.2) is 74.0 Å². The molecule has 0 aromatic carbocycles. The molecule has 4 nitrogen and oxygen atoms in total. The van der Waals surface area contributed by atoms with Crippen LogP contribution >= 0.6 is 0 Å². The van der Waals surface area contributed by atoms with E-state index in [4.69, 9.17) is 9.47 Å². The van der Waals surface area contributed by atoms with Crippen LogP contribution < -0.4 is 0 Å². The highest BCUT2D eigenvalue weighted by atomic mass is 16.5. The van der Waals surface area contributed by atoms with Gasteiger partial charge < -0.3 is 14.4 Å². The molecule has 0 radical (unpaired) electrons. The predicted molar refractivity (Wildman–Crippen MR) is 93.8 cm³/mol. The lowest BCUT2D eigenvalue weighted by atomic mass is 9.78. The van der Waals surface area contributed by atoms with E-state index >= 15 is 0 Å². The lowest BCUT2D eigenvalue weighted by molar-refractivity contribution is -0.132. The summed E-state index contributed by atoms with van der Waals surface area (Å²) in [6.07, 6.45) is 8.66. The molecule has 2 heterocycles. The van der Waals surface area contributed by atoms with Gasteiger partial charge in [0.25, 0.3) is 0 Å². The molecular formula is C19H36N2O2. The third-order valence-corrected chi connectivity index (χ3v) is 6.74. The summed E-state index contributed by atoms with van der Waals surface area (Å²) in [6, 6.07) is 0. The Balaban J connectivity index is 1.43. The molecule has 3 aliphatic rings. The van der Waals surface area contributed by atoms with Gasteiger partial charge >= 0.3 is 0 Å². The number of likely N-dealkylation sites (tertiary alicyclic amines) is 2. The average molecular weight is 325 g/mol. The minimum absolute atomic E-state index is 0.337. The molecule has 3 rings (SSSR count). The van der Waals surface area contributed by atoms with Crippen molar-refractivity contribution >= 4 is 0 Å². The van der Waals surface area contributed by atoms with Crippen LogP contribution in [0.3, 0.4) is 0 Å².